The third-order valence-corrected chi connectivity index (χ3v) is 9.84. The van der Waals surface area contributed by atoms with Crippen LogP contribution in [0.5, 0.6) is 0 Å². The van der Waals surface area contributed by atoms with Gasteiger partial charge < -0.3 is 15.5 Å². The highest BCUT2D eigenvalue weighted by molar-refractivity contribution is 6.03. The van der Waals surface area contributed by atoms with Crippen LogP contribution < -0.4 is 5.32 Å². The second kappa shape index (κ2) is 15.1. The van der Waals surface area contributed by atoms with Crippen LogP contribution in [0.4, 0.5) is 5.69 Å². The number of hydrogen-bond acceptors (Lipinski definition) is 8. The summed E-state index contributed by atoms with van der Waals surface area (Å²) in [6.07, 6.45) is 8.41. The van der Waals surface area contributed by atoms with Crippen LogP contribution in [-0.4, -0.2) is 74.1 Å². The lowest BCUT2D eigenvalue weighted by Crippen LogP contribution is -2.23. The minimum atomic E-state index is -0.726. The summed E-state index contributed by atoms with van der Waals surface area (Å²) in [5.74, 6) is -1.35. The number of hydrogen-bond donors (Lipinski definition) is 3. The zero-order valence-electron chi connectivity index (χ0n) is 28.7. The summed E-state index contributed by atoms with van der Waals surface area (Å²) in [5.41, 5.74) is 9.65. The van der Waals surface area contributed by atoms with Gasteiger partial charge in [0.05, 0.1) is 23.3 Å². The normalized spacial score (nSPS) is 18.1. The smallest absolute Gasteiger partial charge is 0.307 e. The molecule has 0 aliphatic carbocycles. The Labute approximate surface area is 292 Å². The van der Waals surface area contributed by atoms with Gasteiger partial charge in [0.2, 0.25) is 0 Å². The number of likely N-dealkylation sites (tertiary alicyclic amines) is 2. The molecule has 4 heterocycles. The molecule has 1 amide bonds. The van der Waals surface area contributed by atoms with Crippen molar-refractivity contribution in [2.45, 2.75) is 52.8 Å². The molecule has 2 aromatic heterocycles. The van der Waals surface area contributed by atoms with Gasteiger partial charge in [-0.15, -0.1) is 0 Å². The molecule has 10 heteroatoms. The maximum absolute atomic E-state index is 13.2. The van der Waals surface area contributed by atoms with Crippen LogP contribution >= 0.6 is 0 Å². The number of carboxylic acids is 1. The maximum atomic E-state index is 13.2. The molecule has 0 bridgehead atoms. The third-order valence-electron chi connectivity index (χ3n) is 9.84. The van der Waals surface area contributed by atoms with Gasteiger partial charge in [0.1, 0.15) is 11.8 Å². The number of nitriles is 1. The number of carboxylic acid groups (broad SMARTS) is 1. The highest BCUT2D eigenvalue weighted by Crippen LogP contribution is 2.33. The average molecular weight is 671 g/mol. The van der Waals surface area contributed by atoms with Gasteiger partial charge in [-0.2, -0.15) is 5.26 Å². The number of amides is 1. The first-order valence-electron chi connectivity index (χ1n) is 17.0. The zero-order valence-corrected chi connectivity index (χ0v) is 28.7. The first kappa shape index (κ1) is 34.6. The molecular formula is C40H42N6O4. The molecule has 0 spiro atoms. The van der Waals surface area contributed by atoms with Crippen molar-refractivity contribution in [3.05, 3.63) is 111 Å². The lowest BCUT2D eigenvalue weighted by Gasteiger charge is -2.18. The molecule has 2 saturated heterocycles. The van der Waals surface area contributed by atoms with Crippen molar-refractivity contribution in [3.8, 4) is 17.2 Å². The Hall–Kier alpha value is -5.21. The molecule has 4 aromatic rings. The summed E-state index contributed by atoms with van der Waals surface area (Å²) in [5, 5.41) is 32.4. The molecular weight excluding hydrogens is 628 g/mol. The van der Waals surface area contributed by atoms with Gasteiger partial charge in [0, 0.05) is 56.4 Å². The van der Waals surface area contributed by atoms with Gasteiger partial charge in [0.15, 0.2) is 0 Å². The predicted molar refractivity (Wildman–Crippen MR) is 193 cm³/mol. The molecule has 2 fully saturated rings. The SMILES string of the molecule is Cc1cc(CN2CC[C@@H](C(=O)O)C2)c(C)cc1/C=C/c1nccc(-c2cccc(NC(=O)c3ccc(CN4CC[C@@H](O)C4)cn3)c2C)c1C#N. The Morgan fingerprint density at radius 3 is 2.46 bits per heavy atom. The number of anilines is 1. The number of benzene rings is 2. The fourth-order valence-electron chi connectivity index (χ4n) is 6.90. The van der Waals surface area contributed by atoms with Crippen molar-refractivity contribution in [1.29, 1.82) is 5.26 Å². The monoisotopic (exact) mass is 670 g/mol. The summed E-state index contributed by atoms with van der Waals surface area (Å²) < 4.78 is 0. The maximum Gasteiger partial charge on any atom is 0.307 e. The Balaban J connectivity index is 1.17. The second-order valence-electron chi connectivity index (χ2n) is 13.4. The lowest BCUT2D eigenvalue weighted by molar-refractivity contribution is -0.141. The molecule has 10 nitrogen and oxygen atoms in total. The highest BCUT2D eigenvalue weighted by atomic mass is 16.4. The van der Waals surface area contributed by atoms with Crippen LogP contribution in [0.25, 0.3) is 23.3 Å². The molecule has 2 aliphatic heterocycles. The van der Waals surface area contributed by atoms with E-state index in [4.69, 9.17) is 0 Å². The molecule has 3 N–H and O–H groups in total. The van der Waals surface area contributed by atoms with E-state index in [1.54, 1.807) is 18.5 Å². The van der Waals surface area contributed by atoms with Crippen LogP contribution in [0.2, 0.25) is 0 Å². The number of nitrogens with one attached hydrogen (secondary N) is 1. The Morgan fingerprint density at radius 2 is 1.76 bits per heavy atom. The van der Waals surface area contributed by atoms with Gasteiger partial charge in [-0.05, 0) is 103 Å². The molecule has 0 saturated carbocycles. The Bertz CT molecular complexity index is 1980. The number of aliphatic carboxylic acids is 1. The molecule has 2 aromatic carbocycles. The van der Waals surface area contributed by atoms with Crippen LogP contribution in [0.15, 0.2) is 60.9 Å². The first-order chi connectivity index (χ1) is 24.1. The van der Waals surface area contributed by atoms with Crippen LogP contribution in [-0.2, 0) is 17.9 Å². The Kier molecular flexibility index (Phi) is 10.5. The van der Waals surface area contributed by atoms with Gasteiger partial charge in [-0.25, -0.2) is 0 Å². The van der Waals surface area contributed by atoms with Crippen LogP contribution in [0.1, 0.15) is 68.0 Å². The lowest BCUT2D eigenvalue weighted by atomic mass is 9.94. The summed E-state index contributed by atoms with van der Waals surface area (Å²) >= 11 is 0. The summed E-state index contributed by atoms with van der Waals surface area (Å²) in [6, 6.07) is 17.7. The number of aryl methyl sites for hydroxylation is 2. The van der Waals surface area contributed by atoms with Gasteiger partial charge in [0.25, 0.3) is 5.91 Å². The van der Waals surface area contributed by atoms with Crippen molar-refractivity contribution >= 4 is 29.7 Å². The van der Waals surface area contributed by atoms with Crippen molar-refractivity contribution in [2.24, 2.45) is 5.92 Å². The summed E-state index contributed by atoms with van der Waals surface area (Å²) in [4.78, 5) is 37.9. The van der Waals surface area contributed by atoms with E-state index in [2.05, 4.69) is 57.1 Å². The van der Waals surface area contributed by atoms with E-state index in [0.717, 1.165) is 65.0 Å². The van der Waals surface area contributed by atoms with Gasteiger partial charge in [-0.1, -0.05) is 36.4 Å². The average Bonchev–Trinajstić information content (AvgIpc) is 3.75. The number of pyridine rings is 2. The zero-order chi connectivity index (χ0) is 35.4. The number of carbonyl (C=O) groups is 2. The number of nitrogens with zero attached hydrogens (tertiary/aromatic N) is 5. The van der Waals surface area contributed by atoms with Gasteiger partial charge >= 0.3 is 5.97 Å². The van der Waals surface area contributed by atoms with Crippen molar-refractivity contribution in [1.82, 2.24) is 19.8 Å². The summed E-state index contributed by atoms with van der Waals surface area (Å²) in [7, 11) is 0. The molecule has 256 valence electrons. The van der Waals surface area contributed by atoms with Crippen LogP contribution in [0.3, 0.4) is 0 Å². The first-order valence-corrected chi connectivity index (χ1v) is 17.0. The van der Waals surface area contributed by atoms with E-state index in [9.17, 15) is 25.1 Å². The van der Waals surface area contributed by atoms with Crippen molar-refractivity contribution in [2.75, 3.05) is 31.5 Å². The minimum Gasteiger partial charge on any atom is -0.481 e. The predicted octanol–water partition coefficient (Wildman–Crippen LogP) is 5.84. The van der Waals surface area contributed by atoms with E-state index in [1.807, 2.05) is 49.4 Å². The highest BCUT2D eigenvalue weighted by Gasteiger charge is 2.28. The van der Waals surface area contributed by atoms with Gasteiger partial charge in [-0.3, -0.25) is 29.4 Å². The number of rotatable bonds is 10. The van der Waals surface area contributed by atoms with E-state index in [1.165, 1.54) is 5.56 Å². The second-order valence-corrected chi connectivity index (χ2v) is 13.4. The largest absolute Gasteiger partial charge is 0.481 e. The quantitative estimate of drug-likeness (QED) is 0.190. The molecule has 2 atom stereocenters. The Morgan fingerprint density at radius 1 is 0.960 bits per heavy atom. The standard InChI is InChI=1S/C40H42N6O4/c1-25-18-31(23-46-15-12-30(22-46)40(49)50)26(2)17-29(25)8-10-37-35(19-41)34(11-14-42-37)33-5-4-6-36(27(33)3)44-39(48)38-9-7-28(20-43-38)21-45-16-13-32(47)24-45/h4-11,14,17-18,20,30,32,47H,12-13,15-16,21-24H2,1-3H3,(H,44,48)(H,49,50)/b10-8+/t30-,32-/m1/s1. The fourth-order valence-corrected chi connectivity index (χ4v) is 6.90. The number of carbonyl (C=O) groups excluding carboxylic acids is 1. The summed E-state index contributed by atoms with van der Waals surface area (Å²) in [6.45, 7) is 10.3. The third kappa shape index (κ3) is 7.81. The molecule has 2 aliphatic rings. The molecule has 50 heavy (non-hydrogen) atoms. The topological polar surface area (TPSA) is 143 Å². The molecule has 6 rings (SSSR count). The van der Waals surface area contributed by atoms with E-state index >= 15 is 0 Å². The number of aromatic nitrogens is 2. The minimum absolute atomic E-state index is 0.284. The van der Waals surface area contributed by atoms with Crippen molar-refractivity contribution < 1.29 is 19.8 Å². The molecule has 0 unspecified atom stereocenters. The van der Waals surface area contributed by atoms with E-state index < -0.39 is 5.97 Å². The van der Waals surface area contributed by atoms with Crippen LogP contribution in [0, 0.1) is 38.0 Å². The van der Waals surface area contributed by atoms with E-state index in [0.29, 0.717) is 48.7 Å². The molecule has 0 radical (unpaired) electrons. The number of aliphatic hydroxyl groups is 1. The fraction of sp³-hybridized carbons (Fsp3) is 0.325. The number of β-amino-alcohol motifs (C(OH)–C–C–N with tert-alkyl or cyclic N) is 1. The number of aliphatic hydroxyl groups excluding tert-OH is 1. The van der Waals surface area contributed by atoms with E-state index in [-0.39, 0.29) is 17.9 Å². The van der Waals surface area contributed by atoms with Crippen molar-refractivity contribution in [3.63, 3.8) is 0 Å².